The fraction of sp³-hybridized carbons (Fsp3) is 0.143. The van der Waals surface area contributed by atoms with E-state index in [-0.39, 0.29) is 4.90 Å². The standard InChI is InChI=1S/C14H14BrNO2S/c1-11-7-3-5-9-13(11)16(2)19(17,18)14-10-6-4-8-12(14)15/h3-10H,1-2H3. The lowest BCUT2D eigenvalue weighted by Gasteiger charge is -2.21. The van der Waals surface area contributed by atoms with Crippen LogP contribution in [0.3, 0.4) is 0 Å². The van der Waals surface area contributed by atoms with Crippen molar-refractivity contribution >= 4 is 31.6 Å². The Kier molecular flexibility index (Phi) is 3.96. The molecule has 0 aliphatic rings. The third kappa shape index (κ3) is 2.67. The summed E-state index contributed by atoms with van der Waals surface area (Å²) < 4.78 is 27.1. The molecule has 2 rings (SSSR count). The molecule has 5 heteroatoms. The van der Waals surface area contributed by atoms with E-state index in [2.05, 4.69) is 15.9 Å². The van der Waals surface area contributed by atoms with E-state index in [1.54, 1.807) is 37.4 Å². The highest BCUT2D eigenvalue weighted by Gasteiger charge is 2.24. The fourth-order valence-electron chi connectivity index (χ4n) is 1.85. The van der Waals surface area contributed by atoms with Crippen LogP contribution in [0.5, 0.6) is 0 Å². The van der Waals surface area contributed by atoms with Crippen LogP contribution >= 0.6 is 15.9 Å². The van der Waals surface area contributed by atoms with Crippen LogP contribution in [0.15, 0.2) is 57.9 Å². The minimum atomic E-state index is -3.56. The highest BCUT2D eigenvalue weighted by molar-refractivity contribution is 9.10. The molecular weight excluding hydrogens is 326 g/mol. The van der Waals surface area contributed by atoms with Crippen molar-refractivity contribution in [3.8, 4) is 0 Å². The first-order valence-electron chi connectivity index (χ1n) is 5.73. The second kappa shape index (κ2) is 5.35. The Bertz CT molecular complexity index is 698. The Morgan fingerprint density at radius 2 is 1.58 bits per heavy atom. The highest BCUT2D eigenvalue weighted by Crippen LogP contribution is 2.28. The lowest BCUT2D eigenvalue weighted by Crippen LogP contribution is -2.27. The van der Waals surface area contributed by atoms with Crippen molar-refractivity contribution in [2.45, 2.75) is 11.8 Å². The first-order chi connectivity index (χ1) is 8.94. The number of aryl methyl sites for hydroxylation is 1. The summed E-state index contributed by atoms with van der Waals surface area (Å²) in [5.41, 5.74) is 1.60. The molecule has 0 N–H and O–H groups in total. The molecule has 0 fully saturated rings. The van der Waals surface area contributed by atoms with Gasteiger partial charge in [-0.1, -0.05) is 30.3 Å². The SMILES string of the molecule is Cc1ccccc1N(C)S(=O)(=O)c1ccccc1Br. The van der Waals surface area contributed by atoms with Gasteiger partial charge in [-0.15, -0.1) is 0 Å². The predicted molar refractivity (Wildman–Crippen MR) is 80.9 cm³/mol. The molecule has 100 valence electrons. The van der Waals surface area contributed by atoms with Gasteiger partial charge in [0.15, 0.2) is 0 Å². The molecule has 2 aromatic carbocycles. The van der Waals surface area contributed by atoms with E-state index in [0.29, 0.717) is 10.2 Å². The minimum absolute atomic E-state index is 0.265. The number of sulfonamides is 1. The largest absolute Gasteiger partial charge is 0.269 e. The van der Waals surface area contributed by atoms with Gasteiger partial charge >= 0.3 is 0 Å². The molecular formula is C14H14BrNO2S. The third-order valence-corrected chi connectivity index (χ3v) is 5.71. The van der Waals surface area contributed by atoms with Crippen molar-refractivity contribution in [1.82, 2.24) is 0 Å². The summed E-state index contributed by atoms with van der Waals surface area (Å²) >= 11 is 3.29. The zero-order valence-corrected chi connectivity index (χ0v) is 13.1. The number of anilines is 1. The molecule has 0 saturated heterocycles. The van der Waals surface area contributed by atoms with Gasteiger partial charge in [0.2, 0.25) is 0 Å². The molecule has 0 saturated carbocycles. The maximum absolute atomic E-state index is 12.6. The van der Waals surface area contributed by atoms with Crippen LogP contribution in [0.4, 0.5) is 5.69 Å². The van der Waals surface area contributed by atoms with E-state index >= 15 is 0 Å². The normalized spacial score (nSPS) is 11.3. The molecule has 0 atom stereocenters. The van der Waals surface area contributed by atoms with Gasteiger partial charge in [-0.2, -0.15) is 0 Å². The number of hydrogen-bond acceptors (Lipinski definition) is 2. The number of benzene rings is 2. The van der Waals surface area contributed by atoms with E-state index in [9.17, 15) is 8.42 Å². The van der Waals surface area contributed by atoms with Crippen LogP contribution in [0.25, 0.3) is 0 Å². The van der Waals surface area contributed by atoms with Crippen molar-refractivity contribution in [2.75, 3.05) is 11.4 Å². The predicted octanol–water partition coefficient (Wildman–Crippen LogP) is 3.58. The fourth-order valence-corrected chi connectivity index (χ4v) is 4.07. The van der Waals surface area contributed by atoms with Crippen molar-refractivity contribution in [3.63, 3.8) is 0 Å². The van der Waals surface area contributed by atoms with Gasteiger partial charge in [0.25, 0.3) is 10.0 Å². The quantitative estimate of drug-likeness (QED) is 0.856. The van der Waals surface area contributed by atoms with Gasteiger partial charge in [-0.05, 0) is 46.6 Å². The second-order valence-corrected chi connectivity index (χ2v) is 6.98. The van der Waals surface area contributed by atoms with E-state index in [1.165, 1.54) is 4.31 Å². The number of halogens is 1. The summed E-state index contributed by atoms with van der Waals surface area (Å²) in [7, 11) is -1.99. The molecule has 0 spiro atoms. The summed E-state index contributed by atoms with van der Waals surface area (Å²) in [5.74, 6) is 0. The van der Waals surface area contributed by atoms with Crippen molar-refractivity contribution < 1.29 is 8.42 Å². The van der Waals surface area contributed by atoms with E-state index in [1.807, 2.05) is 25.1 Å². The van der Waals surface area contributed by atoms with Crippen molar-refractivity contribution in [1.29, 1.82) is 0 Å². The molecule has 0 bridgehead atoms. The first kappa shape index (κ1) is 14.1. The van der Waals surface area contributed by atoms with E-state index < -0.39 is 10.0 Å². The Morgan fingerprint density at radius 1 is 1.00 bits per heavy atom. The summed E-state index contributed by atoms with van der Waals surface area (Å²) in [4.78, 5) is 0.265. The van der Waals surface area contributed by atoms with Crippen LogP contribution in [0.1, 0.15) is 5.56 Å². The van der Waals surface area contributed by atoms with Gasteiger partial charge in [-0.25, -0.2) is 8.42 Å². The summed E-state index contributed by atoms with van der Waals surface area (Å²) in [6.45, 7) is 1.89. The summed E-state index contributed by atoms with van der Waals surface area (Å²) in [5, 5.41) is 0. The lowest BCUT2D eigenvalue weighted by atomic mass is 10.2. The highest BCUT2D eigenvalue weighted by atomic mass is 79.9. The third-order valence-electron chi connectivity index (χ3n) is 2.93. The lowest BCUT2D eigenvalue weighted by molar-refractivity contribution is 0.594. The van der Waals surface area contributed by atoms with Crippen LogP contribution in [-0.4, -0.2) is 15.5 Å². The van der Waals surface area contributed by atoms with Gasteiger partial charge in [0.05, 0.1) is 5.69 Å². The number of para-hydroxylation sites is 1. The van der Waals surface area contributed by atoms with Gasteiger partial charge in [0, 0.05) is 11.5 Å². The second-order valence-electron chi connectivity index (χ2n) is 4.19. The topological polar surface area (TPSA) is 37.4 Å². The Morgan fingerprint density at radius 3 is 2.21 bits per heavy atom. The zero-order valence-electron chi connectivity index (χ0n) is 10.7. The minimum Gasteiger partial charge on any atom is -0.269 e. The zero-order chi connectivity index (χ0) is 14.0. The molecule has 0 aromatic heterocycles. The smallest absolute Gasteiger partial charge is 0.265 e. The van der Waals surface area contributed by atoms with Gasteiger partial charge < -0.3 is 0 Å². The molecule has 0 aliphatic heterocycles. The van der Waals surface area contributed by atoms with Crippen LogP contribution < -0.4 is 4.31 Å². The number of hydrogen-bond donors (Lipinski definition) is 0. The van der Waals surface area contributed by atoms with E-state index in [0.717, 1.165) is 5.56 Å². The van der Waals surface area contributed by atoms with Crippen LogP contribution in [0.2, 0.25) is 0 Å². The number of rotatable bonds is 3. The Balaban J connectivity index is 2.52. The van der Waals surface area contributed by atoms with Crippen LogP contribution in [0, 0.1) is 6.92 Å². The van der Waals surface area contributed by atoms with Crippen LogP contribution in [-0.2, 0) is 10.0 Å². The van der Waals surface area contributed by atoms with Crippen molar-refractivity contribution in [2.24, 2.45) is 0 Å². The molecule has 0 heterocycles. The molecule has 19 heavy (non-hydrogen) atoms. The Labute approximate surface area is 122 Å². The average molecular weight is 340 g/mol. The molecule has 0 aliphatic carbocycles. The van der Waals surface area contributed by atoms with Gasteiger partial charge in [0.1, 0.15) is 4.90 Å². The maximum atomic E-state index is 12.6. The molecule has 0 radical (unpaired) electrons. The average Bonchev–Trinajstić information content (AvgIpc) is 2.39. The monoisotopic (exact) mass is 339 g/mol. The Hall–Kier alpha value is -1.33. The molecule has 0 unspecified atom stereocenters. The first-order valence-corrected chi connectivity index (χ1v) is 7.97. The molecule has 2 aromatic rings. The molecule has 0 amide bonds. The summed E-state index contributed by atoms with van der Waals surface area (Å²) in [6.07, 6.45) is 0. The number of nitrogens with zero attached hydrogens (tertiary/aromatic N) is 1. The van der Waals surface area contributed by atoms with Crippen molar-refractivity contribution in [3.05, 3.63) is 58.6 Å². The van der Waals surface area contributed by atoms with Gasteiger partial charge in [-0.3, -0.25) is 4.31 Å². The maximum Gasteiger partial charge on any atom is 0.265 e. The van der Waals surface area contributed by atoms with E-state index in [4.69, 9.17) is 0 Å². The summed E-state index contributed by atoms with van der Waals surface area (Å²) in [6, 6.07) is 14.2. The molecule has 3 nitrogen and oxygen atoms in total.